The Bertz CT molecular complexity index is 3220. The zero-order valence-electron chi connectivity index (χ0n) is 33.2. The molecular formula is C54H36N6O2. The summed E-state index contributed by atoms with van der Waals surface area (Å²) in [4.78, 5) is 19.9. The van der Waals surface area contributed by atoms with E-state index >= 15 is 0 Å². The maximum absolute atomic E-state index is 11.0. The highest BCUT2D eigenvalue weighted by Gasteiger charge is 2.21. The molecule has 0 saturated heterocycles. The van der Waals surface area contributed by atoms with E-state index in [0.717, 1.165) is 78.2 Å². The standard InChI is InChI=1S/C54H36N6O2/c61-49-29-9-7-23-43(49)53-57-51-41(25-13-27-47(51)59(53)39-19-3-1-4-20-39)35-15-11-17-37(31-35)45-33-46(56-34-55-45)38-18-12-16-36(32-38)42-26-14-28-48-52(42)58-54(44-24-8-10-30-50(44)62)60(48)40-21-5-2-6-22-40/h1-34,61-62H. The number of nitrogens with zero attached hydrogens (tertiary/aromatic N) is 6. The largest absolute Gasteiger partial charge is 0.507 e. The molecule has 0 atom stereocenters. The molecule has 0 aliphatic rings. The van der Waals surface area contributed by atoms with Crippen molar-refractivity contribution in [2.75, 3.05) is 0 Å². The lowest BCUT2D eigenvalue weighted by atomic mass is 9.98. The molecule has 0 aliphatic carbocycles. The number of para-hydroxylation sites is 6. The van der Waals surface area contributed by atoms with Gasteiger partial charge < -0.3 is 10.2 Å². The molecule has 0 amide bonds. The van der Waals surface area contributed by atoms with Gasteiger partial charge in [-0.2, -0.15) is 0 Å². The smallest absolute Gasteiger partial charge is 0.149 e. The van der Waals surface area contributed by atoms with Crippen molar-refractivity contribution in [3.63, 3.8) is 0 Å². The van der Waals surface area contributed by atoms with Gasteiger partial charge in [-0.15, -0.1) is 0 Å². The Kier molecular flexibility index (Phi) is 8.94. The van der Waals surface area contributed by atoms with Crippen molar-refractivity contribution in [2.45, 2.75) is 0 Å². The van der Waals surface area contributed by atoms with Crippen molar-refractivity contribution in [1.29, 1.82) is 0 Å². The summed E-state index contributed by atoms with van der Waals surface area (Å²) in [6, 6.07) is 66.0. The van der Waals surface area contributed by atoms with Crippen LogP contribution in [0.4, 0.5) is 0 Å². The normalized spacial score (nSPS) is 11.4. The van der Waals surface area contributed by atoms with Crippen molar-refractivity contribution in [3.8, 4) is 90.4 Å². The number of rotatable bonds is 8. The molecule has 3 heterocycles. The van der Waals surface area contributed by atoms with E-state index in [1.807, 2.05) is 115 Å². The number of aromatic nitrogens is 6. The van der Waals surface area contributed by atoms with E-state index in [9.17, 15) is 10.2 Å². The number of phenolic OH excluding ortho intramolecular Hbond substituents is 2. The van der Waals surface area contributed by atoms with Crippen molar-refractivity contribution in [1.82, 2.24) is 29.1 Å². The van der Waals surface area contributed by atoms with E-state index in [0.29, 0.717) is 22.8 Å². The molecule has 0 fully saturated rings. The van der Waals surface area contributed by atoms with E-state index in [4.69, 9.17) is 19.9 Å². The van der Waals surface area contributed by atoms with Crippen LogP contribution in [0.25, 0.3) is 101 Å². The molecule has 294 valence electrons. The van der Waals surface area contributed by atoms with Crippen molar-refractivity contribution >= 4 is 22.1 Å². The van der Waals surface area contributed by atoms with E-state index in [1.54, 1.807) is 18.5 Å². The minimum Gasteiger partial charge on any atom is -0.507 e. The molecule has 11 rings (SSSR count). The maximum Gasteiger partial charge on any atom is 0.149 e. The summed E-state index contributed by atoms with van der Waals surface area (Å²) in [6.45, 7) is 0. The molecular weight excluding hydrogens is 765 g/mol. The Morgan fingerprint density at radius 3 is 1.18 bits per heavy atom. The number of benzene rings is 8. The number of imidazole rings is 2. The van der Waals surface area contributed by atoms with Crippen LogP contribution in [-0.2, 0) is 0 Å². The predicted octanol–water partition coefficient (Wildman–Crippen LogP) is 12.6. The third kappa shape index (κ3) is 6.34. The molecule has 3 aromatic heterocycles. The van der Waals surface area contributed by atoms with Gasteiger partial charge >= 0.3 is 0 Å². The van der Waals surface area contributed by atoms with Crippen LogP contribution in [0.1, 0.15) is 0 Å². The second-order valence-electron chi connectivity index (χ2n) is 15.0. The second-order valence-corrected chi connectivity index (χ2v) is 15.0. The summed E-state index contributed by atoms with van der Waals surface area (Å²) in [5.74, 6) is 1.66. The molecule has 8 aromatic carbocycles. The summed E-state index contributed by atoms with van der Waals surface area (Å²) < 4.78 is 4.20. The summed E-state index contributed by atoms with van der Waals surface area (Å²) in [5, 5.41) is 21.9. The van der Waals surface area contributed by atoms with Gasteiger partial charge in [0.05, 0.1) is 44.6 Å². The van der Waals surface area contributed by atoms with Gasteiger partial charge in [0, 0.05) is 33.6 Å². The van der Waals surface area contributed by atoms with Crippen LogP contribution in [0.2, 0.25) is 0 Å². The summed E-state index contributed by atoms with van der Waals surface area (Å²) >= 11 is 0. The molecule has 8 nitrogen and oxygen atoms in total. The van der Waals surface area contributed by atoms with Gasteiger partial charge in [-0.1, -0.05) is 121 Å². The Balaban J connectivity index is 0.981. The van der Waals surface area contributed by atoms with Crippen LogP contribution in [0, 0.1) is 0 Å². The number of phenols is 2. The quantitative estimate of drug-likeness (QED) is 0.159. The average Bonchev–Trinajstić information content (AvgIpc) is 3.92. The Hall–Kier alpha value is -8.62. The predicted molar refractivity (Wildman–Crippen MR) is 247 cm³/mol. The van der Waals surface area contributed by atoms with Gasteiger partial charge in [0.1, 0.15) is 29.5 Å². The SMILES string of the molecule is Oc1ccccc1-c1nc2c(-c3cccc(-c4cc(-c5cccc(-c6cccc7c6nc(-c6ccccc6O)n7-c6ccccc6)c5)ncn4)c3)cccc2n1-c1ccccc1. The molecule has 62 heavy (non-hydrogen) atoms. The first-order valence-electron chi connectivity index (χ1n) is 20.3. The molecule has 8 heteroatoms. The van der Waals surface area contributed by atoms with Gasteiger partial charge in [-0.3, -0.25) is 9.13 Å². The van der Waals surface area contributed by atoms with Crippen LogP contribution in [0.15, 0.2) is 207 Å². The third-order valence-electron chi connectivity index (χ3n) is 11.3. The van der Waals surface area contributed by atoms with Crippen molar-refractivity contribution in [2.24, 2.45) is 0 Å². The van der Waals surface area contributed by atoms with Crippen LogP contribution in [0.3, 0.4) is 0 Å². The van der Waals surface area contributed by atoms with Crippen LogP contribution >= 0.6 is 0 Å². The fourth-order valence-electron chi connectivity index (χ4n) is 8.39. The lowest BCUT2D eigenvalue weighted by Gasteiger charge is -2.11. The second kappa shape index (κ2) is 15.2. The Morgan fingerprint density at radius 2 is 0.726 bits per heavy atom. The van der Waals surface area contributed by atoms with Gasteiger partial charge in [0.25, 0.3) is 0 Å². The van der Waals surface area contributed by atoms with Gasteiger partial charge in [-0.05, 0) is 90.0 Å². The van der Waals surface area contributed by atoms with E-state index in [2.05, 4.69) is 81.9 Å². The fraction of sp³-hybridized carbons (Fsp3) is 0. The minimum atomic E-state index is 0.169. The Labute approximate surface area is 357 Å². The summed E-state index contributed by atoms with van der Waals surface area (Å²) in [5.41, 5.74) is 14.1. The Morgan fingerprint density at radius 1 is 0.339 bits per heavy atom. The average molecular weight is 801 g/mol. The highest BCUT2D eigenvalue weighted by molar-refractivity contribution is 5.98. The zero-order chi connectivity index (χ0) is 41.6. The number of hydrogen-bond donors (Lipinski definition) is 2. The molecule has 0 bridgehead atoms. The van der Waals surface area contributed by atoms with Crippen LogP contribution in [-0.4, -0.2) is 39.3 Å². The molecule has 0 spiro atoms. The first-order chi connectivity index (χ1) is 30.6. The lowest BCUT2D eigenvalue weighted by molar-refractivity contribution is 0.476. The van der Waals surface area contributed by atoms with E-state index in [-0.39, 0.29) is 11.5 Å². The number of aromatic hydroxyl groups is 2. The fourth-order valence-corrected chi connectivity index (χ4v) is 8.39. The van der Waals surface area contributed by atoms with Crippen LogP contribution < -0.4 is 0 Å². The molecule has 2 N–H and O–H groups in total. The monoisotopic (exact) mass is 800 g/mol. The first-order valence-corrected chi connectivity index (χ1v) is 20.3. The summed E-state index contributed by atoms with van der Waals surface area (Å²) in [7, 11) is 0. The first kappa shape index (κ1) is 36.5. The van der Waals surface area contributed by atoms with Gasteiger partial charge in [0.2, 0.25) is 0 Å². The van der Waals surface area contributed by atoms with Crippen LogP contribution in [0.5, 0.6) is 11.5 Å². The minimum absolute atomic E-state index is 0.169. The van der Waals surface area contributed by atoms with E-state index < -0.39 is 0 Å². The highest BCUT2D eigenvalue weighted by Crippen LogP contribution is 2.40. The van der Waals surface area contributed by atoms with Gasteiger partial charge in [-0.25, -0.2) is 19.9 Å². The van der Waals surface area contributed by atoms with Gasteiger partial charge in [0.15, 0.2) is 0 Å². The molecule has 0 unspecified atom stereocenters. The molecule has 11 aromatic rings. The molecule has 0 aliphatic heterocycles. The molecule has 0 saturated carbocycles. The molecule has 0 radical (unpaired) electrons. The topological polar surface area (TPSA) is 102 Å². The number of hydrogen-bond acceptors (Lipinski definition) is 6. The van der Waals surface area contributed by atoms with E-state index in [1.165, 1.54) is 0 Å². The maximum atomic E-state index is 11.0. The third-order valence-corrected chi connectivity index (χ3v) is 11.3. The lowest BCUT2D eigenvalue weighted by Crippen LogP contribution is -1.97. The zero-order valence-corrected chi connectivity index (χ0v) is 33.2. The highest BCUT2D eigenvalue weighted by atomic mass is 16.3. The van der Waals surface area contributed by atoms with Crippen molar-refractivity contribution in [3.05, 3.63) is 207 Å². The van der Waals surface area contributed by atoms with Crippen molar-refractivity contribution < 1.29 is 10.2 Å². The summed E-state index contributed by atoms with van der Waals surface area (Å²) in [6.07, 6.45) is 1.62. The number of fused-ring (bicyclic) bond motifs is 2.